The van der Waals surface area contributed by atoms with Crippen molar-refractivity contribution in [2.45, 2.75) is 25.8 Å². The van der Waals surface area contributed by atoms with Crippen LogP contribution < -0.4 is 0 Å². The Balaban J connectivity index is 1.86. The molecule has 0 radical (unpaired) electrons. The number of rotatable bonds is 3. The predicted molar refractivity (Wildman–Crippen MR) is 70.5 cm³/mol. The average Bonchev–Trinajstić information content (AvgIpc) is 3.14. The summed E-state index contributed by atoms with van der Waals surface area (Å²) >= 11 is 0. The van der Waals surface area contributed by atoms with Crippen molar-refractivity contribution >= 4 is 16.9 Å². The van der Waals surface area contributed by atoms with Crippen LogP contribution in [-0.2, 0) is 0 Å². The Morgan fingerprint density at radius 2 is 2.11 bits per heavy atom. The van der Waals surface area contributed by atoms with E-state index in [0.29, 0.717) is 17.7 Å². The van der Waals surface area contributed by atoms with E-state index in [9.17, 15) is 4.79 Å². The summed E-state index contributed by atoms with van der Waals surface area (Å²) in [6.45, 7) is 2.11. The molecule has 1 unspecified atom stereocenters. The monoisotopic (exact) mass is 243 g/mol. The molecule has 1 heterocycles. The number of amides is 1. The van der Waals surface area contributed by atoms with Gasteiger partial charge in [-0.25, -0.2) is 0 Å². The van der Waals surface area contributed by atoms with Crippen LogP contribution in [0.5, 0.6) is 0 Å². The molecule has 1 aromatic carbocycles. The van der Waals surface area contributed by atoms with E-state index >= 15 is 0 Å². The molecule has 2 aromatic rings. The zero-order valence-electron chi connectivity index (χ0n) is 10.7. The lowest BCUT2D eigenvalue weighted by Gasteiger charge is -2.23. The molecular weight excluding hydrogens is 226 g/mol. The number of benzene rings is 1. The number of furan rings is 1. The molecule has 3 rings (SSSR count). The van der Waals surface area contributed by atoms with Crippen LogP contribution in [0, 0.1) is 5.92 Å². The van der Waals surface area contributed by atoms with Crippen molar-refractivity contribution in [2.24, 2.45) is 5.92 Å². The van der Waals surface area contributed by atoms with Crippen molar-refractivity contribution in [1.82, 2.24) is 4.90 Å². The molecule has 0 N–H and O–H groups in total. The first kappa shape index (κ1) is 11.3. The van der Waals surface area contributed by atoms with E-state index < -0.39 is 0 Å². The number of para-hydroxylation sites is 1. The fourth-order valence-electron chi connectivity index (χ4n) is 2.34. The molecule has 18 heavy (non-hydrogen) atoms. The lowest BCUT2D eigenvalue weighted by Crippen LogP contribution is -2.36. The first-order valence-electron chi connectivity index (χ1n) is 6.42. The summed E-state index contributed by atoms with van der Waals surface area (Å²) in [6.07, 6.45) is 2.47. The summed E-state index contributed by atoms with van der Waals surface area (Å²) in [4.78, 5) is 14.1. The maximum absolute atomic E-state index is 12.3. The zero-order chi connectivity index (χ0) is 12.7. The largest absolute Gasteiger partial charge is 0.451 e. The summed E-state index contributed by atoms with van der Waals surface area (Å²) in [7, 11) is 1.86. The van der Waals surface area contributed by atoms with E-state index in [-0.39, 0.29) is 5.91 Å². The molecule has 3 nitrogen and oxygen atoms in total. The van der Waals surface area contributed by atoms with Crippen LogP contribution in [0.2, 0.25) is 0 Å². The molecule has 1 atom stereocenters. The van der Waals surface area contributed by atoms with Gasteiger partial charge in [-0.3, -0.25) is 4.79 Å². The van der Waals surface area contributed by atoms with Gasteiger partial charge in [-0.1, -0.05) is 18.2 Å². The van der Waals surface area contributed by atoms with Crippen LogP contribution in [0.4, 0.5) is 0 Å². The van der Waals surface area contributed by atoms with Crippen LogP contribution in [0.1, 0.15) is 30.3 Å². The molecule has 1 amide bonds. The smallest absolute Gasteiger partial charge is 0.289 e. The van der Waals surface area contributed by atoms with Crippen molar-refractivity contribution in [2.75, 3.05) is 7.05 Å². The van der Waals surface area contributed by atoms with Gasteiger partial charge in [0.25, 0.3) is 5.91 Å². The van der Waals surface area contributed by atoms with Crippen LogP contribution >= 0.6 is 0 Å². The Morgan fingerprint density at radius 3 is 2.78 bits per heavy atom. The molecule has 1 aromatic heterocycles. The molecule has 0 aliphatic heterocycles. The topological polar surface area (TPSA) is 33.5 Å². The maximum Gasteiger partial charge on any atom is 0.289 e. The molecule has 1 fully saturated rings. The molecule has 0 saturated heterocycles. The van der Waals surface area contributed by atoms with E-state index in [1.165, 1.54) is 12.8 Å². The van der Waals surface area contributed by atoms with Gasteiger partial charge in [0.05, 0.1) is 0 Å². The molecule has 1 saturated carbocycles. The van der Waals surface area contributed by atoms with E-state index in [1.807, 2.05) is 37.4 Å². The van der Waals surface area contributed by atoms with Gasteiger partial charge in [-0.15, -0.1) is 0 Å². The summed E-state index contributed by atoms with van der Waals surface area (Å²) in [5.74, 6) is 1.08. The Morgan fingerprint density at radius 1 is 1.39 bits per heavy atom. The third kappa shape index (κ3) is 1.90. The van der Waals surface area contributed by atoms with Gasteiger partial charge >= 0.3 is 0 Å². The van der Waals surface area contributed by atoms with Crippen LogP contribution in [-0.4, -0.2) is 23.9 Å². The average molecular weight is 243 g/mol. The summed E-state index contributed by atoms with van der Waals surface area (Å²) in [6, 6.07) is 9.83. The van der Waals surface area contributed by atoms with Gasteiger partial charge in [0.2, 0.25) is 0 Å². The molecule has 0 bridgehead atoms. The first-order valence-corrected chi connectivity index (χ1v) is 6.42. The normalized spacial score (nSPS) is 16.8. The molecule has 3 heteroatoms. The standard InChI is InChI=1S/C15H17NO2/c1-10(11-7-8-11)16(2)15(17)14-9-12-5-3-4-6-13(12)18-14/h3-6,9-11H,7-8H2,1-2H3. The van der Waals surface area contributed by atoms with Crippen LogP contribution in [0.15, 0.2) is 34.7 Å². The Bertz CT molecular complexity index is 550. The highest BCUT2D eigenvalue weighted by Crippen LogP contribution is 2.35. The fraction of sp³-hybridized carbons (Fsp3) is 0.400. The Kier molecular flexibility index (Phi) is 2.62. The van der Waals surface area contributed by atoms with Crippen LogP contribution in [0.25, 0.3) is 11.0 Å². The van der Waals surface area contributed by atoms with Crippen molar-refractivity contribution in [3.05, 3.63) is 36.1 Å². The number of nitrogens with zero attached hydrogens (tertiary/aromatic N) is 1. The predicted octanol–water partition coefficient (Wildman–Crippen LogP) is 3.30. The van der Waals surface area contributed by atoms with Gasteiger partial charge in [0, 0.05) is 18.5 Å². The maximum atomic E-state index is 12.3. The third-order valence-corrected chi connectivity index (χ3v) is 3.87. The Hall–Kier alpha value is -1.77. The second kappa shape index (κ2) is 4.16. The summed E-state index contributed by atoms with van der Waals surface area (Å²) in [5, 5.41) is 0.980. The summed E-state index contributed by atoms with van der Waals surface area (Å²) in [5.41, 5.74) is 0.772. The summed E-state index contributed by atoms with van der Waals surface area (Å²) < 4.78 is 5.61. The van der Waals surface area contributed by atoms with Crippen molar-refractivity contribution in [3.8, 4) is 0 Å². The van der Waals surface area contributed by atoms with E-state index in [1.54, 1.807) is 4.90 Å². The van der Waals surface area contributed by atoms with Gasteiger partial charge in [-0.2, -0.15) is 0 Å². The van der Waals surface area contributed by atoms with Gasteiger partial charge in [0.15, 0.2) is 5.76 Å². The number of carbonyl (C=O) groups is 1. The quantitative estimate of drug-likeness (QED) is 0.828. The van der Waals surface area contributed by atoms with Crippen molar-refractivity contribution in [3.63, 3.8) is 0 Å². The van der Waals surface area contributed by atoms with Gasteiger partial charge < -0.3 is 9.32 Å². The van der Waals surface area contributed by atoms with E-state index in [0.717, 1.165) is 11.0 Å². The lowest BCUT2D eigenvalue weighted by molar-refractivity contribution is 0.0697. The van der Waals surface area contributed by atoms with Gasteiger partial charge in [-0.05, 0) is 37.8 Å². The molecule has 1 aliphatic rings. The second-order valence-electron chi connectivity index (χ2n) is 5.14. The highest BCUT2D eigenvalue weighted by Gasteiger charge is 2.33. The number of fused-ring (bicyclic) bond motifs is 1. The minimum atomic E-state index is -0.0226. The fourth-order valence-corrected chi connectivity index (χ4v) is 2.34. The van der Waals surface area contributed by atoms with Crippen LogP contribution in [0.3, 0.4) is 0 Å². The van der Waals surface area contributed by atoms with Crippen molar-refractivity contribution in [1.29, 1.82) is 0 Å². The highest BCUT2D eigenvalue weighted by molar-refractivity contribution is 5.96. The number of hydrogen-bond acceptors (Lipinski definition) is 2. The second-order valence-corrected chi connectivity index (χ2v) is 5.14. The highest BCUT2D eigenvalue weighted by atomic mass is 16.3. The first-order chi connectivity index (χ1) is 8.66. The molecule has 1 aliphatic carbocycles. The minimum Gasteiger partial charge on any atom is -0.451 e. The Labute approximate surface area is 106 Å². The number of carbonyl (C=O) groups excluding carboxylic acids is 1. The zero-order valence-corrected chi connectivity index (χ0v) is 10.7. The number of hydrogen-bond donors (Lipinski definition) is 0. The third-order valence-electron chi connectivity index (χ3n) is 3.87. The molecule has 0 spiro atoms. The van der Waals surface area contributed by atoms with E-state index in [4.69, 9.17) is 4.42 Å². The minimum absolute atomic E-state index is 0.0226. The SMILES string of the molecule is CC(C1CC1)N(C)C(=O)c1cc2ccccc2o1. The van der Waals surface area contributed by atoms with Crippen molar-refractivity contribution < 1.29 is 9.21 Å². The van der Waals surface area contributed by atoms with Gasteiger partial charge in [0.1, 0.15) is 5.58 Å². The lowest BCUT2D eigenvalue weighted by atomic mass is 10.2. The van der Waals surface area contributed by atoms with E-state index in [2.05, 4.69) is 6.92 Å². The molecule has 94 valence electrons. The molecular formula is C15H17NO2.